The van der Waals surface area contributed by atoms with Gasteiger partial charge in [-0.1, -0.05) is 113 Å². The summed E-state index contributed by atoms with van der Waals surface area (Å²) in [4.78, 5) is 0. The molecule has 1 aromatic rings. The Labute approximate surface area is 216 Å². The van der Waals surface area contributed by atoms with Crippen molar-refractivity contribution in [2.24, 2.45) is 0 Å². The monoisotopic (exact) mass is 464 g/mol. The van der Waals surface area contributed by atoms with Gasteiger partial charge in [-0.2, -0.15) is 0 Å². The Balaban J connectivity index is 0.00000375. The smallest absolute Gasteiger partial charge is 0.0272 e. The molecule has 1 aliphatic carbocycles. The van der Waals surface area contributed by atoms with Crippen molar-refractivity contribution in [1.29, 1.82) is 0 Å². The minimum Gasteiger partial charge on any atom is -0.124 e. The molecule has 35 heavy (non-hydrogen) atoms. The van der Waals surface area contributed by atoms with Gasteiger partial charge in [-0.25, -0.2) is 0 Å². The van der Waals surface area contributed by atoms with Crippen LogP contribution < -0.4 is 0 Å². The molecule has 0 amide bonds. The molecule has 184 valence electrons. The zero-order valence-corrected chi connectivity index (χ0v) is 21.5. The first kappa shape index (κ1) is 31.5. The average Bonchev–Trinajstić information content (AvgIpc) is 3.16. The van der Waals surface area contributed by atoms with E-state index < -0.39 is 0 Å². The van der Waals surface area contributed by atoms with Crippen molar-refractivity contribution in [2.75, 3.05) is 0 Å². The van der Waals surface area contributed by atoms with E-state index in [4.69, 9.17) is 6.42 Å². The molecule has 0 aliphatic heterocycles. The molecule has 0 saturated carbocycles. The molecule has 0 spiro atoms. The second kappa shape index (κ2) is 18.9. The Morgan fingerprint density at radius 2 is 1.71 bits per heavy atom. The maximum absolute atomic E-state index is 5.55. The van der Waals surface area contributed by atoms with Crippen LogP contribution in [-0.4, -0.2) is 0 Å². The summed E-state index contributed by atoms with van der Waals surface area (Å²) < 4.78 is 0. The standard InChI is InChI=1S/C32H38.C2H2.CH4/c1-6-10-19-27(20-11-7-2)25-26(5)32(29-23-17-14-18-24-29)31(9-4)30(8-3)28-21-15-12-13-16-22-28;1-2;/h1,11-21,23-24H,7-10,22,25H2,2-5H3;1-2H;1H4/b20-11-,27-19+,31-30+,32-26-;;. The predicted molar refractivity (Wildman–Crippen MR) is 160 cm³/mol. The first-order chi connectivity index (χ1) is 16.7. The van der Waals surface area contributed by atoms with Crippen molar-refractivity contribution >= 4 is 5.57 Å². The molecule has 0 saturated heterocycles. The maximum atomic E-state index is 5.55. The molecule has 0 aromatic heterocycles. The Morgan fingerprint density at radius 1 is 1.00 bits per heavy atom. The van der Waals surface area contributed by atoms with E-state index in [-0.39, 0.29) is 7.43 Å². The molecule has 0 bridgehead atoms. The Bertz CT molecular complexity index is 1030. The molecule has 0 nitrogen and oxygen atoms in total. The van der Waals surface area contributed by atoms with Gasteiger partial charge in [-0.15, -0.1) is 25.2 Å². The van der Waals surface area contributed by atoms with Gasteiger partial charge in [0.05, 0.1) is 0 Å². The summed E-state index contributed by atoms with van der Waals surface area (Å²) in [5.74, 6) is 2.76. The SMILES string of the molecule is C.C#C.C#CC/C=C(\C=C/CC)C/C(C)=C(\C(CC)=C(/CC)C1=CC=CC=CC1)c1ccccc1. The fourth-order valence-electron chi connectivity index (χ4n) is 4.31. The van der Waals surface area contributed by atoms with Gasteiger partial charge in [-0.05, 0) is 72.5 Å². The summed E-state index contributed by atoms with van der Waals surface area (Å²) in [6.45, 7) is 9.03. The summed E-state index contributed by atoms with van der Waals surface area (Å²) in [7, 11) is 0. The topological polar surface area (TPSA) is 0 Å². The lowest BCUT2D eigenvalue weighted by atomic mass is 9.83. The highest BCUT2D eigenvalue weighted by Crippen LogP contribution is 2.37. The molecule has 1 aromatic carbocycles. The van der Waals surface area contributed by atoms with Crippen LogP contribution in [0.3, 0.4) is 0 Å². The molecule has 0 radical (unpaired) electrons. The van der Waals surface area contributed by atoms with Crippen molar-refractivity contribution in [3.63, 3.8) is 0 Å². The number of rotatable bonds is 10. The number of allylic oxidation sites excluding steroid dienone is 14. The van der Waals surface area contributed by atoms with E-state index in [1.54, 1.807) is 0 Å². The van der Waals surface area contributed by atoms with Crippen LogP contribution in [0.25, 0.3) is 5.57 Å². The lowest BCUT2D eigenvalue weighted by Gasteiger charge is -2.22. The van der Waals surface area contributed by atoms with Crippen LogP contribution in [0.5, 0.6) is 0 Å². The third kappa shape index (κ3) is 10.1. The second-order valence-electron chi connectivity index (χ2n) is 8.07. The molecule has 1 aliphatic rings. The van der Waals surface area contributed by atoms with Gasteiger partial charge in [0.1, 0.15) is 0 Å². The molecular formula is C35H44. The van der Waals surface area contributed by atoms with E-state index in [0.717, 1.165) is 32.1 Å². The average molecular weight is 465 g/mol. The van der Waals surface area contributed by atoms with Crippen LogP contribution in [-0.2, 0) is 0 Å². The van der Waals surface area contributed by atoms with Crippen LogP contribution in [0, 0.1) is 25.2 Å². The van der Waals surface area contributed by atoms with Crippen LogP contribution in [0.15, 0.2) is 107 Å². The molecule has 0 N–H and O–H groups in total. The predicted octanol–water partition coefficient (Wildman–Crippen LogP) is 10.2. The highest BCUT2D eigenvalue weighted by atomic mass is 14.2. The fraction of sp³-hybridized carbons (Fsp3) is 0.314. The highest BCUT2D eigenvalue weighted by molar-refractivity contribution is 5.83. The van der Waals surface area contributed by atoms with Gasteiger partial charge in [0, 0.05) is 6.42 Å². The molecule has 0 fully saturated rings. The summed E-state index contributed by atoms with van der Waals surface area (Å²) >= 11 is 0. The van der Waals surface area contributed by atoms with Gasteiger partial charge in [0.15, 0.2) is 0 Å². The minimum absolute atomic E-state index is 0. The summed E-state index contributed by atoms with van der Waals surface area (Å²) in [6.07, 6.45) is 36.8. The first-order valence-electron chi connectivity index (χ1n) is 12.3. The van der Waals surface area contributed by atoms with Gasteiger partial charge in [0.25, 0.3) is 0 Å². The molecular weight excluding hydrogens is 420 g/mol. The van der Waals surface area contributed by atoms with Crippen molar-refractivity contribution in [3.05, 3.63) is 112 Å². The Hall–Kier alpha value is -3.48. The highest BCUT2D eigenvalue weighted by Gasteiger charge is 2.17. The van der Waals surface area contributed by atoms with Gasteiger partial charge >= 0.3 is 0 Å². The van der Waals surface area contributed by atoms with Gasteiger partial charge in [-0.3, -0.25) is 0 Å². The first-order valence-corrected chi connectivity index (χ1v) is 12.3. The maximum Gasteiger partial charge on any atom is 0.0272 e. The van der Waals surface area contributed by atoms with Crippen LogP contribution in [0.2, 0.25) is 0 Å². The Morgan fingerprint density at radius 3 is 2.31 bits per heavy atom. The summed E-state index contributed by atoms with van der Waals surface area (Å²) in [6, 6.07) is 10.9. The third-order valence-electron chi connectivity index (χ3n) is 5.76. The summed E-state index contributed by atoms with van der Waals surface area (Å²) in [5.41, 5.74) is 9.72. The zero-order chi connectivity index (χ0) is 25.2. The van der Waals surface area contributed by atoms with E-state index in [9.17, 15) is 0 Å². The molecule has 2 rings (SSSR count). The van der Waals surface area contributed by atoms with Crippen molar-refractivity contribution < 1.29 is 0 Å². The molecule has 0 unspecified atom stereocenters. The van der Waals surface area contributed by atoms with E-state index in [2.05, 4.69) is 125 Å². The second-order valence-corrected chi connectivity index (χ2v) is 8.07. The van der Waals surface area contributed by atoms with Crippen molar-refractivity contribution in [2.45, 2.75) is 73.6 Å². The van der Waals surface area contributed by atoms with Gasteiger partial charge < -0.3 is 0 Å². The lowest BCUT2D eigenvalue weighted by molar-refractivity contribution is 0.999. The van der Waals surface area contributed by atoms with Gasteiger partial charge in [0.2, 0.25) is 0 Å². The van der Waals surface area contributed by atoms with Crippen LogP contribution in [0.4, 0.5) is 0 Å². The van der Waals surface area contributed by atoms with E-state index in [1.165, 1.54) is 39.0 Å². The molecule has 0 heteroatoms. The van der Waals surface area contributed by atoms with E-state index >= 15 is 0 Å². The molecule has 0 atom stereocenters. The van der Waals surface area contributed by atoms with E-state index in [1.807, 2.05) is 0 Å². The number of terminal acetylenes is 2. The lowest BCUT2D eigenvalue weighted by Crippen LogP contribution is -2.01. The quantitative estimate of drug-likeness (QED) is 0.239. The normalized spacial score (nSPS) is 14.4. The number of hydrogen-bond acceptors (Lipinski definition) is 0. The van der Waals surface area contributed by atoms with Crippen molar-refractivity contribution in [3.8, 4) is 25.2 Å². The van der Waals surface area contributed by atoms with Crippen LogP contribution >= 0.6 is 0 Å². The number of benzene rings is 1. The van der Waals surface area contributed by atoms with E-state index in [0.29, 0.717) is 6.42 Å². The minimum atomic E-state index is 0. The van der Waals surface area contributed by atoms with Crippen molar-refractivity contribution in [1.82, 2.24) is 0 Å². The fourth-order valence-corrected chi connectivity index (χ4v) is 4.31. The Kier molecular flexibility index (Phi) is 17.0. The van der Waals surface area contributed by atoms with Crippen LogP contribution in [0.1, 0.15) is 79.2 Å². The number of hydrogen-bond donors (Lipinski definition) is 0. The third-order valence-corrected chi connectivity index (χ3v) is 5.76. The largest absolute Gasteiger partial charge is 0.124 e. The molecule has 0 heterocycles. The zero-order valence-electron chi connectivity index (χ0n) is 21.5. The summed E-state index contributed by atoms with van der Waals surface area (Å²) in [5, 5.41) is 0.